The van der Waals surface area contributed by atoms with Crippen molar-refractivity contribution in [1.82, 2.24) is 5.32 Å². The molecule has 1 saturated heterocycles. The van der Waals surface area contributed by atoms with Crippen LogP contribution in [0.4, 0.5) is 17.6 Å². The van der Waals surface area contributed by atoms with Crippen LogP contribution in [-0.4, -0.2) is 26.0 Å². The quantitative estimate of drug-likeness (QED) is 0.806. The Bertz CT molecular complexity index is 718. The first-order valence-corrected chi connectivity index (χ1v) is 8.32. The van der Waals surface area contributed by atoms with E-state index in [9.17, 15) is 17.6 Å². The van der Waals surface area contributed by atoms with E-state index in [0.29, 0.717) is 25.1 Å². The van der Waals surface area contributed by atoms with Crippen LogP contribution in [0.25, 0.3) is 0 Å². The second-order valence-electron chi connectivity index (χ2n) is 6.04. The molecule has 0 aliphatic carbocycles. The monoisotopic (exact) mass is 369 g/mol. The predicted octanol–water partition coefficient (Wildman–Crippen LogP) is 4.09. The molecule has 0 spiro atoms. The van der Waals surface area contributed by atoms with Crippen LogP contribution < -0.4 is 5.32 Å². The van der Waals surface area contributed by atoms with E-state index in [1.807, 2.05) is 0 Å². The van der Waals surface area contributed by atoms with Crippen molar-refractivity contribution < 1.29 is 27.0 Å². The zero-order valence-electron chi connectivity index (χ0n) is 13.9. The fourth-order valence-corrected chi connectivity index (χ4v) is 2.87. The molecule has 2 aromatic carbocycles. The summed E-state index contributed by atoms with van der Waals surface area (Å²) in [6.07, 6.45) is -4.61. The first-order chi connectivity index (χ1) is 12.4. The Kier molecular flexibility index (Phi) is 5.90. The van der Waals surface area contributed by atoms with Crippen molar-refractivity contribution in [2.45, 2.75) is 24.9 Å². The molecule has 3 nitrogen and oxygen atoms in total. The van der Waals surface area contributed by atoms with Crippen molar-refractivity contribution in [2.24, 2.45) is 0 Å². The number of rotatable bonds is 5. The average Bonchev–Trinajstić information content (AvgIpc) is 2.62. The summed E-state index contributed by atoms with van der Waals surface area (Å²) in [6.45, 7) is 1.31. The molecule has 0 aromatic heterocycles. The Labute approximate surface area is 148 Å². The summed E-state index contributed by atoms with van der Waals surface area (Å²) in [5.74, 6) is -0.326. The summed E-state index contributed by atoms with van der Waals surface area (Å²) in [7, 11) is 0. The minimum atomic E-state index is -4.36. The van der Waals surface area contributed by atoms with Gasteiger partial charge in [-0.3, -0.25) is 0 Å². The highest BCUT2D eigenvalue weighted by molar-refractivity contribution is 5.26. The Morgan fingerprint density at radius 1 is 1.12 bits per heavy atom. The molecule has 3 rings (SSSR count). The van der Waals surface area contributed by atoms with E-state index in [2.05, 4.69) is 5.32 Å². The summed E-state index contributed by atoms with van der Waals surface area (Å²) < 4.78 is 62.8. The molecule has 1 N–H and O–H groups in total. The van der Waals surface area contributed by atoms with Crippen molar-refractivity contribution in [3.8, 4) is 0 Å². The van der Waals surface area contributed by atoms with Crippen LogP contribution in [0.15, 0.2) is 48.5 Å². The zero-order chi connectivity index (χ0) is 18.6. The number of alkyl halides is 3. The van der Waals surface area contributed by atoms with Crippen molar-refractivity contribution in [3.63, 3.8) is 0 Å². The average molecular weight is 369 g/mol. The molecule has 0 amide bonds. The maximum atomic E-state index is 13.1. The minimum absolute atomic E-state index is 0.214. The zero-order valence-corrected chi connectivity index (χ0v) is 13.9. The highest BCUT2D eigenvalue weighted by Crippen LogP contribution is 2.30. The molecule has 0 saturated carbocycles. The molecule has 0 bridgehead atoms. The van der Waals surface area contributed by atoms with Crippen molar-refractivity contribution >= 4 is 0 Å². The fraction of sp³-hybridized carbons (Fsp3) is 0.368. The number of hydrogen-bond acceptors (Lipinski definition) is 3. The van der Waals surface area contributed by atoms with Crippen LogP contribution >= 0.6 is 0 Å². The topological polar surface area (TPSA) is 30.5 Å². The van der Waals surface area contributed by atoms with Crippen molar-refractivity contribution in [2.75, 3.05) is 19.8 Å². The van der Waals surface area contributed by atoms with E-state index in [1.54, 1.807) is 18.2 Å². The van der Waals surface area contributed by atoms with E-state index in [1.165, 1.54) is 18.2 Å². The van der Waals surface area contributed by atoms with Gasteiger partial charge in [-0.1, -0.05) is 30.3 Å². The minimum Gasteiger partial charge on any atom is -0.350 e. The Balaban J connectivity index is 1.60. The van der Waals surface area contributed by atoms with Gasteiger partial charge in [0.2, 0.25) is 0 Å². The van der Waals surface area contributed by atoms with E-state index >= 15 is 0 Å². The molecule has 1 fully saturated rings. The molecular weight excluding hydrogens is 350 g/mol. The normalized spacial score (nSPS) is 20.9. The molecule has 2 aromatic rings. The predicted molar refractivity (Wildman–Crippen MR) is 88.0 cm³/mol. The number of halogens is 4. The lowest BCUT2D eigenvalue weighted by molar-refractivity contribution is -0.176. The summed E-state index contributed by atoms with van der Waals surface area (Å²) in [5.41, 5.74) is 0.701. The lowest BCUT2D eigenvalue weighted by Crippen LogP contribution is -2.43. The number of nitrogens with one attached hydrogen (secondary N) is 1. The molecule has 1 heterocycles. The van der Waals surface area contributed by atoms with Gasteiger partial charge in [0.15, 0.2) is 6.29 Å². The van der Waals surface area contributed by atoms with Crippen LogP contribution in [0, 0.1) is 5.82 Å². The number of benzene rings is 2. The van der Waals surface area contributed by atoms with Gasteiger partial charge < -0.3 is 14.8 Å². The summed E-state index contributed by atoms with van der Waals surface area (Å²) in [5, 5.41) is 3.26. The molecule has 1 aliphatic heterocycles. The number of ether oxygens (including phenoxy) is 2. The smallest absolute Gasteiger partial charge is 0.350 e. The number of morpholine rings is 1. The summed E-state index contributed by atoms with van der Waals surface area (Å²) in [6, 6.07) is 11.0. The molecule has 140 valence electrons. The van der Waals surface area contributed by atoms with Gasteiger partial charge in [-0.05, 0) is 35.7 Å². The van der Waals surface area contributed by atoms with Gasteiger partial charge in [0.05, 0.1) is 24.8 Å². The molecule has 0 radical (unpaired) electrons. The molecule has 2 atom stereocenters. The molecule has 7 heteroatoms. The van der Waals surface area contributed by atoms with Crippen LogP contribution in [-0.2, 0) is 22.1 Å². The van der Waals surface area contributed by atoms with E-state index < -0.39 is 18.0 Å². The van der Waals surface area contributed by atoms with Gasteiger partial charge >= 0.3 is 6.18 Å². The van der Waals surface area contributed by atoms with Crippen LogP contribution in [0.5, 0.6) is 0 Å². The van der Waals surface area contributed by atoms with Crippen molar-refractivity contribution in [1.29, 1.82) is 0 Å². The largest absolute Gasteiger partial charge is 0.416 e. The molecule has 1 aliphatic rings. The van der Waals surface area contributed by atoms with Gasteiger partial charge in [0.25, 0.3) is 0 Å². The Morgan fingerprint density at radius 2 is 1.88 bits per heavy atom. The third kappa shape index (κ3) is 4.81. The van der Waals surface area contributed by atoms with Gasteiger partial charge in [0.1, 0.15) is 5.82 Å². The summed E-state index contributed by atoms with van der Waals surface area (Å²) in [4.78, 5) is 0. The van der Waals surface area contributed by atoms with Gasteiger partial charge in [-0.15, -0.1) is 0 Å². The van der Waals surface area contributed by atoms with Crippen molar-refractivity contribution in [3.05, 3.63) is 71.0 Å². The first-order valence-electron chi connectivity index (χ1n) is 8.32. The first kappa shape index (κ1) is 18.8. The van der Waals surface area contributed by atoms with E-state index in [4.69, 9.17) is 9.47 Å². The summed E-state index contributed by atoms with van der Waals surface area (Å²) >= 11 is 0. The van der Waals surface area contributed by atoms with Crippen LogP contribution in [0.1, 0.15) is 22.7 Å². The lowest BCUT2D eigenvalue weighted by atomic mass is 10.1. The van der Waals surface area contributed by atoms with E-state index in [-0.39, 0.29) is 18.5 Å². The third-order valence-electron chi connectivity index (χ3n) is 4.18. The van der Waals surface area contributed by atoms with E-state index in [0.717, 1.165) is 17.7 Å². The standard InChI is InChI=1S/C19H19F4NO2/c20-16-6-4-14(5-7-16)17-18(26-11-9-24-17)25-10-8-13-2-1-3-15(12-13)19(21,22)23/h1-7,12,17-18,24H,8-11H2/t17-,18+/m0/s1. The third-order valence-corrected chi connectivity index (χ3v) is 4.18. The second-order valence-corrected chi connectivity index (χ2v) is 6.04. The van der Waals surface area contributed by atoms with Crippen LogP contribution in [0.2, 0.25) is 0 Å². The maximum Gasteiger partial charge on any atom is 0.416 e. The fourth-order valence-electron chi connectivity index (χ4n) is 2.87. The van der Waals surface area contributed by atoms with Gasteiger partial charge in [0, 0.05) is 6.54 Å². The Hall–Kier alpha value is -1.96. The Morgan fingerprint density at radius 3 is 2.62 bits per heavy atom. The maximum absolute atomic E-state index is 13.1. The SMILES string of the molecule is Fc1ccc([C@@H]2NCCO[C@H]2OCCc2cccc(C(F)(F)F)c2)cc1. The lowest BCUT2D eigenvalue weighted by Gasteiger charge is -2.33. The molecule has 0 unspecified atom stereocenters. The second kappa shape index (κ2) is 8.16. The molecular formula is C19H19F4NO2. The highest BCUT2D eigenvalue weighted by Gasteiger charge is 2.30. The van der Waals surface area contributed by atoms with Gasteiger partial charge in [-0.25, -0.2) is 4.39 Å². The van der Waals surface area contributed by atoms with Gasteiger partial charge in [-0.2, -0.15) is 13.2 Å². The highest BCUT2D eigenvalue weighted by atomic mass is 19.4. The number of hydrogen-bond donors (Lipinski definition) is 1. The molecule has 26 heavy (non-hydrogen) atoms. The van der Waals surface area contributed by atoms with Crippen LogP contribution in [0.3, 0.4) is 0 Å².